The summed E-state index contributed by atoms with van der Waals surface area (Å²) in [6.07, 6.45) is 1.48. The smallest absolute Gasteiger partial charge is 0.266 e. The normalized spacial score (nSPS) is 13.2. The third-order valence-corrected chi connectivity index (χ3v) is 6.18. The van der Waals surface area contributed by atoms with Gasteiger partial charge in [0.25, 0.3) is 5.56 Å². The lowest BCUT2D eigenvalue weighted by Gasteiger charge is -2.21. The lowest BCUT2D eigenvalue weighted by Crippen LogP contribution is -2.22. The Morgan fingerprint density at radius 3 is 2.33 bits per heavy atom. The van der Waals surface area contributed by atoms with Gasteiger partial charge in [0.1, 0.15) is 11.4 Å². The summed E-state index contributed by atoms with van der Waals surface area (Å²) in [5.74, 6) is -0.204. The van der Waals surface area contributed by atoms with E-state index in [-0.39, 0.29) is 16.4 Å². The molecular weight excluding hydrogens is 402 g/mol. The lowest BCUT2D eigenvalue weighted by molar-refractivity contribution is 0.317. The Labute approximate surface area is 175 Å². The number of benzene rings is 2. The molecule has 0 aliphatic rings. The molecule has 0 unspecified atom stereocenters. The monoisotopic (exact) mass is 425 g/mol. The molecule has 0 saturated heterocycles. The van der Waals surface area contributed by atoms with Gasteiger partial charge in [-0.05, 0) is 41.8 Å². The highest BCUT2D eigenvalue weighted by atomic mass is 32.2. The van der Waals surface area contributed by atoms with Crippen LogP contribution < -0.4 is 5.56 Å². The first kappa shape index (κ1) is 21.4. The molecular formula is C22H23N3O4S. The number of nitrogens with zero attached hydrogens (tertiary/aromatic N) is 3. The summed E-state index contributed by atoms with van der Waals surface area (Å²) in [5, 5.41) is 17.3. The second-order valence-electron chi connectivity index (χ2n) is 7.18. The van der Waals surface area contributed by atoms with Crippen LogP contribution in [-0.2, 0) is 16.9 Å². The first-order valence-electron chi connectivity index (χ1n) is 9.32. The molecule has 0 amide bonds. The van der Waals surface area contributed by atoms with Gasteiger partial charge >= 0.3 is 0 Å². The van der Waals surface area contributed by atoms with Crippen molar-refractivity contribution in [3.8, 4) is 0 Å². The average molecular weight is 426 g/mol. The molecule has 3 aromatic rings. The topological polar surface area (TPSA) is 102 Å². The van der Waals surface area contributed by atoms with Crippen LogP contribution in [0.5, 0.6) is 0 Å². The van der Waals surface area contributed by atoms with Crippen molar-refractivity contribution in [3.05, 3.63) is 93.4 Å². The van der Waals surface area contributed by atoms with Gasteiger partial charge in [0.05, 0.1) is 4.90 Å². The Bertz CT molecular complexity index is 1250. The number of hydrogen-bond acceptors (Lipinski definition) is 6. The van der Waals surface area contributed by atoms with E-state index in [0.717, 1.165) is 16.7 Å². The van der Waals surface area contributed by atoms with Gasteiger partial charge in [-0.25, -0.2) is 13.1 Å². The summed E-state index contributed by atoms with van der Waals surface area (Å²) in [4.78, 5) is 11.9. The minimum atomic E-state index is -3.30. The fourth-order valence-electron chi connectivity index (χ4n) is 3.38. The quantitative estimate of drug-likeness (QED) is 0.372. The first-order chi connectivity index (χ1) is 14.2. The van der Waals surface area contributed by atoms with Crippen molar-refractivity contribution in [3.63, 3.8) is 0 Å². The van der Waals surface area contributed by atoms with Gasteiger partial charge in [-0.2, -0.15) is 5.10 Å². The minimum Gasteiger partial charge on any atom is -0.411 e. The van der Waals surface area contributed by atoms with Crippen molar-refractivity contribution in [1.29, 1.82) is 0 Å². The molecule has 1 atom stereocenters. The third-order valence-electron chi connectivity index (χ3n) is 5.05. The van der Waals surface area contributed by atoms with Gasteiger partial charge < -0.3 is 5.21 Å². The predicted octanol–water partition coefficient (Wildman–Crippen LogP) is 2.89. The molecule has 3 rings (SSSR count). The first-order valence-corrected chi connectivity index (χ1v) is 11.2. The van der Waals surface area contributed by atoms with Crippen LogP contribution in [0.4, 0.5) is 0 Å². The Hall–Kier alpha value is -3.26. The lowest BCUT2D eigenvalue weighted by atomic mass is 9.84. The van der Waals surface area contributed by atoms with Crippen molar-refractivity contribution in [2.24, 2.45) is 12.2 Å². The van der Waals surface area contributed by atoms with Crippen molar-refractivity contribution >= 4 is 15.5 Å². The standard InChI is InChI=1S/C22H23N3O4S/c1-15-6-4-5-7-18(15)19(16-8-10-17(11-9-16)30(3,28)29)14-21(24-27)20-12-13-22(26)25(2)23-20/h4-13,19,27H,14H2,1-3H3/b24-21-/t19-/m1/s1. The van der Waals surface area contributed by atoms with Crippen LogP contribution in [0.25, 0.3) is 0 Å². The maximum atomic E-state index is 11.8. The van der Waals surface area contributed by atoms with Crippen molar-refractivity contribution < 1.29 is 13.6 Å². The van der Waals surface area contributed by atoms with E-state index in [2.05, 4.69) is 10.3 Å². The fraction of sp³-hybridized carbons (Fsp3) is 0.227. The summed E-state index contributed by atoms with van der Waals surface area (Å²) in [7, 11) is -1.77. The van der Waals surface area contributed by atoms with E-state index in [0.29, 0.717) is 17.8 Å². The van der Waals surface area contributed by atoms with Crippen LogP contribution in [0.3, 0.4) is 0 Å². The molecule has 7 nitrogen and oxygen atoms in total. The fourth-order valence-corrected chi connectivity index (χ4v) is 4.01. The van der Waals surface area contributed by atoms with E-state index < -0.39 is 9.84 Å². The second kappa shape index (κ2) is 8.62. The molecule has 0 aliphatic heterocycles. The zero-order chi connectivity index (χ0) is 21.9. The molecule has 1 N–H and O–H groups in total. The van der Waals surface area contributed by atoms with Gasteiger partial charge in [-0.3, -0.25) is 4.79 Å². The Morgan fingerprint density at radius 1 is 1.10 bits per heavy atom. The predicted molar refractivity (Wildman–Crippen MR) is 115 cm³/mol. The third kappa shape index (κ3) is 4.65. The Morgan fingerprint density at radius 2 is 1.77 bits per heavy atom. The van der Waals surface area contributed by atoms with Crippen LogP contribution >= 0.6 is 0 Å². The van der Waals surface area contributed by atoms with Gasteiger partial charge in [0.2, 0.25) is 0 Å². The van der Waals surface area contributed by atoms with Crippen molar-refractivity contribution in [2.75, 3.05) is 6.26 Å². The summed E-state index contributed by atoms with van der Waals surface area (Å²) < 4.78 is 24.8. The van der Waals surface area contributed by atoms with E-state index in [1.54, 1.807) is 24.3 Å². The molecule has 156 valence electrons. The molecule has 0 fully saturated rings. The maximum absolute atomic E-state index is 11.8. The van der Waals surface area contributed by atoms with Crippen LogP contribution in [0.1, 0.15) is 34.7 Å². The molecule has 1 heterocycles. The number of aromatic nitrogens is 2. The number of sulfone groups is 1. The molecule has 0 bridgehead atoms. The second-order valence-corrected chi connectivity index (χ2v) is 9.20. The summed E-state index contributed by atoms with van der Waals surface area (Å²) in [6.45, 7) is 1.99. The number of rotatable bonds is 6. The van der Waals surface area contributed by atoms with E-state index >= 15 is 0 Å². The number of oxime groups is 1. The average Bonchev–Trinajstić information content (AvgIpc) is 2.71. The molecule has 0 aliphatic carbocycles. The molecule has 1 aromatic heterocycles. The molecule has 0 spiro atoms. The van der Waals surface area contributed by atoms with Crippen LogP contribution in [0.15, 0.2) is 75.5 Å². The van der Waals surface area contributed by atoms with E-state index in [1.165, 1.54) is 30.1 Å². The largest absolute Gasteiger partial charge is 0.411 e. The molecule has 0 radical (unpaired) electrons. The highest BCUT2D eigenvalue weighted by molar-refractivity contribution is 7.90. The molecule has 8 heteroatoms. The van der Waals surface area contributed by atoms with E-state index in [1.807, 2.05) is 31.2 Å². The highest BCUT2D eigenvalue weighted by Crippen LogP contribution is 2.32. The zero-order valence-electron chi connectivity index (χ0n) is 17.0. The number of hydrogen-bond donors (Lipinski definition) is 1. The van der Waals surface area contributed by atoms with E-state index in [9.17, 15) is 18.4 Å². The van der Waals surface area contributed by atoms with Crippen molar-refractivity contribution in [1.82, 2.24) is 9.78 Å². The SMILES string of the molecule is Cc1ccccc1[C@H](C/C(=N/O)c1ccc(=O)n(C)n1)c1ccc(S(C)(=O)=O)cc1. The van der Waals surface area contributed by atoms with Crippen LogP contribution in [0.2, 0.25) is 0 Å². The summed E-state index contributed by atoms with van der Waals surface area (Å²) in [6, 6.07) is 17.5. The van der Waals surface area contributed by atoms with E-state index in [4.69, 9.17) is 0 Å². The minimum absolute atomic E-state index is 0.204. The molecule has 0 saturated carbocycles. The summed E-state index contributed by atoms with van der Waals surface area (Å²) >= 11 is 0. The summed E-state index contributed by atoms with van der Waals surface area (Å²) in [5.41, 5.74) is 3.42. The van der Waals surface area contributed by atoms with Gasteiger partial charge in [0.15, 0.2) is 9.84 Å². The Balaban J connectivity index is 2.07. The highest BCUT2D eigenvalue weighted by Gasteiger charge is 2.22. The van der Waals surface area contributed by atoms with Crippen LogP contribution in [-0.4, -0.2) is 35.4 Å². The maximum Gasteiger partial charge on any atom is 0.266 e. The van der Waals surface area contributed by atoms with Gasteiger partial charge in [0, 0.05) is 31.7 Å². The molecule has 30 heavy (non-hydrogen) atoms. The zero-order valence-corrected chi connectivity index (χ0v) is 17.8. The van der Waals surface area contributed by atoms with Crippen molar-refractivity contribution in [2.45, 2.75) is 24.2 Å². The van der Waals surface area contributed by atoms with Gasteiger partial charge in [-0.1, -0.05) is 41.6 Å². The van der Waals surface area contributed by atoms with Crippen LogP contribution in [0, 0.1) is 6.92 Å². The number of aryl methyl sites for hydroxylation is 2. The molecule has 2 aromatic carbocycles. The Kier molecular flexibility index (Phi) is 6.17. The van der Waals surface area contributed by atoms with Gasteiger partial charge in [-0.15, -0.1) is 0 Å².